The van der Waals surface area contributed by atoms with E-state index < -0.39 is 0 Å². The average molecular weight is 261 g/mol. The van der Waals surface area contributed by atoms with Gasteiger partial charge in [-0.2, -0.15) is 0 Å². The van der Waals surface area contributed by atoms with Crippen LogP contribution in [0.1, 0.15) is 30.9 Å². The van der Waals surface area contributed by atoms with Gasteiger partial charge in [0.2, 0.25) is 0 Å². The van der Waals surface area contributed by atoms with Crippen molar-refractivity contribution < 1.29 is 4.39 Å². The second-order valence-corrected chi connectivity index (χ2v) is 5.62. The van der Waals surface area contributed by atoms with Gasteiger partial charge in [-0.05, 0) is 50.6 Å². The maximum Gasteiger partial charge on any atom is 0.128 e. The molecule has 2 heterocycles. The largest absolute Gasteiger partial charge is 0.351 e. The summed E-state index contributed by atoms with van der Waals surface area (Å²) in [6, 6.07) is 5.24. The molecule has 0 bridgehead atoms. The molecule has 1 aromatic rings. The molecule has 0 aliphatic carbocycles. The van der Waals surface area contributed by atoms with E-state index in [1.54, 1.807) is 6.07 Å². The minimum Gasteiger partial charge on any atom is -0.351 e. The Morgan fingerprint density at radius 2 is 2.05 bits per heavy atom. The molecule has 4 heteroatoms. The number of benzene rings is 1. The van der Waals surface area contributed by atoms with E-state index in [-0.39, 0.29) is 5.82 Å². The van der Waals surface area contributed by atoms with Crippen LogP contribution in [0, 0.1) is 11.2 Å². The lowest BCUT2D eigenvalue weighted by Crippen LogP contribution is -2.41. The van der Waals surface area contributed by atoms with E-state index in [1.807, 2.05) is 0 Å². The number of likely N-dealkylation sites (tertiary alicyclic amines) is 1. The molecule has 19 heavy (non-hydrogen) atoms. The number of nitrogens with zero attached hydrogens (tertiary/aromatic N) is 2. The highest BCUT2D eigenvalue weighted by Gasteiger charge is 2.27. The van der Waals surface area contributed by atoms with Gasteiger partial charge in [0, 0.05) is 24.7 Å². The van der Waals surface area contributed by atoms with Gasteiger partial charge < -0.3 is 4.90 Å². The van der Waals surface area contributed by atoms with Gasteiger partial charge in [-0.3, -0.25) is 10.3 Å². The maximum atomic E-state index is 13.2. The van der Waals surface area contributed by atoms with Gasteiger partial charge in [0.25, 0.3) is 0 Å². The fourth-order valence-corrected chi connectivity index (χ4v) is 3.13. The average Bonchev–Trinajstić information content (AvgIpc) is 3.00. The molecule has 102 valence electrons. The second-order valence-electron chi connectivity index (χ2n) is 5.62. The van der Waals surface area contributed by atoms with Crippen molar-refractivity contribution in [2.75, 3.05) is 19.6 Å². The second kappa shape index (κ2) is 4.93. The Morgan fingerprint density at radius 1 is 1.32 bits per heavy atom. The Kier molecular flexibility index (Phi) is 3.27. The van der Waals surface area contributed by atoms with Gasteiger partial charge in [-0.1, -0.05) is 6.07 Å². The molecule has 0 saturated carbocycles. The Bertz CT molecular complexity index is 494. The van der Waals surface area contributed by atoms with Crippen LogP contribution in [0.3, 0.4) is 0 Å². The zero-order valence-corrected chi connectivity index (χ0v) is 11.3. The maximum absolute atomic E-state index is 13.2. The van der Waals surface area contributed by atoms with E-state index in [2.05, 4.69) is 16.7 Å². The standard InChI is InChI=1S/C15H20FN3/c1-11(18-6-2-3-7-18)9-19-10-12-4-5-13(16)8-14(12)15(19)17/h4-5,8,11,17H,2-3,6-7,9-10H2,1H3. The predicted octanol–water partition coefficient (Wildman–Crippen LogP) is 2.45. The lowest BCUT2D eigenvalue weighted by atomic mass is 10.1. The summed E-state index contributed by atoms with van der Waals surface area (Å²) in [4.78, 5) is 4.55. The fourth-order valence-electron chi connectivity index (χ4n) is 3.13. The molecule has 3 rings (SSSR count). The highest BCUT2D eigenvalue weighted by Crippen LogP contribution is 2.24. The van der Waals surface area contributed by atoms with Crippen molar-refractivity contribution in [2.24, 2.45) is 0 Å². The fraction of sp³-hybridized carbons (Fsp3) is 0.533. The van der Waals surface area contributed by atoms with E-state index in [4.69, 9.17) is 5.41 Å². The van der Waals surface area contributed by atoms with E-state index >= 15 is 0 Å². The van der Waals surface area contributed by atoms with Crippen LogP contribution in [0.5, 0.6) is 0 Å². The van der Waals surface area contributed by atoms with Gasteiger partial charge in [-0.25, -0.2) is 4.39 Å². The molecule has 0 radical (unpaired) electrons. The molecular formula is C15H20FN3. The third-order valence-corrected chi connectivity index (χ3v) is 4.25. The van der Waals surface area contributed by atoms with Gasteiger partial charge in [0.15, 0.2) is 0 Å². The van der Waals surface area contributed by atoms with Crippen LogP contribution < -0.4 is 0 Å². The van der Waals surface area contributed by atoms with Crippen LogP contribution in [-0.2, 0) is 6.54 Å². The molecule has 1 aromatic carbocycles. The molecule has 1 atom stereocenters. The minimum absolute atomic E-state index is 0.252. The number of halogens is 1. The topological polar surface area (TPSA) is 30.3 Å². The van der Waals surface area contributed by atoms with Crippen molar-refractivity contribution in [2.45, 2.75) is 32.4 Å². The third-order valence-electron chi connectivity index (χ3n) is 4.25. The normalized spacial score (nSPS) is 20.9. The third kappa shape index (κ3) is 2.37. The molecule has 1 fully saturated rings. The molecule has 2 aliphatic heterocycles. The van der Waals surface area contributed by atoms with Crippen molar-refractivity contribution >= 4 is 5.84 Å². The summed E-state index contributed by atoms with van der Waals surface area (Å²) < 4.78 is 13.2. The summed E-state index contributed by atoms with van der Waals surface area (Å²) in [5.41, 5.74) is 1.83. The number of fused-ring (bicyclic) bond motifs is 1. The lowest BCUT2D eigenvalue weighted by Gasteiger charge is -2.29. The molecule has 1 saturated heterocycles. The van der Waals surface area contributed by atoms with E-state index in [9.17, 15) is 4.39 Å². The number of hydrogen-bond acceptors (Lipinski definition) is 2. The van der Waals surface area contributed by atoms with E-state index in [0.29, 0.717) is 11.9 Å². The van der Waals surface area contributed by atoms with Gasteiger partial charge in [0.05, 0.1) is 0 Å². The predicted molar refractivity (Wildman–Crippen MR) is 73.9 cm³/mol. The quantitative estimate of drug-likeness (QED) is 0.906. The molecule has 2 aliphatic rings. The zero-order chi connectivity index (χ0) is 13.4. The number of hydrogen-bond donors (Lipinski definition) is 1. The molecular weight excluding hydrogens is 241 g/mol. The summed E-state index contributed by atoms with van der Waals surface area (Å²) in [6.45, 7) is 6.16. The molecule has 0 spiro atoms. The first kappa shape index (κ1) is 12.6. The van der Waals surface area contributed by atoms with Crippen LogP contribution in [0.2, 0.25) is 0 Å². The van der Waals surface area contributed by atoms with Crippen LogP contribution in [-0.4, -0.2) is 41.3 Å². The smallest absolute Gasteiger partial charge is 0.128 e. The summed E-state index contributed by atoms with van der Waals surface area (Å²) in [6.07, 6.45) is 2.57. The van der Waals surface area contributed by atoms with E-state index in [1.165, 1.54) is 38.1 Å². The first-order valence-electron chi connectivity index (χ1n) is 7.01. The highest BCUT2D eigenvalue weighted by atomic mass is 19.1. The zero-order valence-electron chi connectivity index (χ0n) is 11.3. The summed E-state index contributed by atoms with van der Waals surface area (Å²) in [5.74, 6) is 0.221. The minimum atomic E-state index is -0.252. The molecule has 3 nitrogen and oxygen atoms in total. The molecule has 1 unspecified atom stereocenters. The van der Waals surface area contributed by atoms with Gasteiger partial charge >= 0.3 is 0 Å². The van der Waals surface area contributed by atoms with Gasteiger partial charge in [0.1, 0.15) is 11.7 Å². The van der Waals surface area contributed by atoms with Crippen LogP contribution in [0.25, 0.3) is 0 Å². The van der Waals surface area contributed by atoms with Crippen LogP contribution in [0.4, 0.5) is 4.39 Å². The molecule has 0 aromatic heterocycles. The SMILES string of the molecule is CC(CN1Cc2ccc(F)cc2C1=N)N1CCCC1. The first-order valence-corrected chi connectivity index (χ1v) is 7.01. The monoisotopic (exact) mass is 261 g/mol. The molecule has 0 amide bonds. The van der Waals surface area contributed by atoms with Crippen molar-refractivity contribution in [3.63, 3.8) is 0 Å². The Morgan fingerprint density at radius 3 is 2.79 bits per heavy atom. The van der Waals surface area contributed by atoms with Crippen LogP contribution >= 0.6 is 0 Å². The Balaban J connectivity index is 1.69. The number of amidine groups is 1. The van der Waals surface area contributed by atoms with E-state index in [0.717, 1.165) is 24.2 Å². The highest BCUT2D eigenvalue weighted by molar-refractivity contribution is 6.00. The van der Waals surface area contributed by atoms with Crippen LogP contribution in [0.15, 0.2) is 18.2 Å². The lowest BCUT2D eigenvalue weighted by molar-refractivity contribution is 0.215. The Labute approximate surface area is 113 Å². The van der Waals surface area contributed by atoms with Crippen molar-refractivity contribution in [1.29, 1.82) is 5.41 Å². The van der Waals surface area contributed by atoms with Crippen molar-refractivity contribution in [1.82, 2.24) is 9.80 Å². The number of nitrogens with one attached hydrogen (secondary N) is 1. The Hall–Kier alpha value is -1.42. The first-order chi connectivity index (χ1) is 9.15. The molecule has 1 N–H and O–H groups in total. The number of rotatable bonds is 3. The summed E-state index contributed by atoms with van der Waals surface area (Å²) >= 11 is 0. The van der Waals surface area contributed by atoms with Gasteiger partial charge in [-0.15, -0.1) is 0 Å². The summed E-state index contributed by atoms with van der Waals surface area (Å²) in [5, 5.41) is 8.19. The van der Waals surface area contributed by atoms with Crippen molar-refractivity contribution in [3.05, 3.63) is 35.1 Å². The summed E-state index contributed by atoms with van der Waals surface area (Å²) in [7, 11) is 0. The van der Waals surface area contributed by atoms with Crippen molar-refractivity contribution in [3.8, 4) is 0 Å².